The number of methoxy groups -OCH3 is 2. The van der Waals surface area contributed by atoms with Gasteiger partial charge in [-0.15, -0.1) is 0 Å². The number of hydrogen-bond acceptors (Lipinski definition) is 5. The van der Waals surface area contributed by atoms with Crippen LogP contribution in [0.25, 0.3) is 16.8 Å². The SMILES string of the molecule is COC(=O)c1ccc(C=C(COc2cccc3ccccc23)C(=O)NCc2ccc(OC)cc2)cc1. The van der Waals surface area contributed by atoms with Crippen LogP contribution in [0.1, 0.15) is 21.5 Å². The second-order valence-electron chi connectivity index (χ2n) is 8.08. The maximum absolute atomic E-state index is 13.2. The van der Waals surface area contributed by atoms with Gasteiger partial charge in [-0.1, -0.05) is 60.7 Å². The van der Waals surface area contributed by atoms with Gasteiger partial charge in [0.25, 0.3) is 5.91 Å². The number of fused-ring (bicyclic) bond motifs is 1. The molecule has 0 radical (unpaired) electrons. The molecule has 0 saturated heterocycles. The molecule has 0 aromatic heterocycles. The first-order valence-electron chi connectivity index (χ1n) is 11.5. The summed E-state index contributed by atoms with van der Waals surface area (Å²) in [6.45, 7) is 0.428. The summed E-state index contributed by atoms with van der Waals surface area (Å²) in [5.74, 6) is 0.790. The molecular weight excluding hydrogens is 454 g/mol. The zero-order chi connectivity index (χ0) is 25.3. The van der Waals surface area contributed by atoms with Crippen molar-refractivity contribution in [3.8, 4) is 11.5 Å². The molecule has 0 atom stereocenters. The predicted molar refractivity (Wildman–Crippen MR) is 140 cm³/mol. The van der Waals surface area contributed by atoms with Gasteiger partial charge in [0.2, 0.25) is 0 Å². The molecule has 0 fully saturated rings. The van der Waals surface area contributed by atoms with Gasteiger partial charge in [0.05, 0.1) is 25.4 Å². The lowest BCUT2D eigenvalue weighted by atomic mass is 10.1. The van der Waals surface area contributed by atoms with Crippen molar-refractivity contribution in [1.29, 1.82) is 0 Å². The number of ether oxygens (including phenoxy) is 3. The molecule has 0 aliphatic carbocycles. The summed E-state index contributed by atoms with van der Waals surface area (Å²) in [5, 5.41) is 5.00. The molecule has 0 unspecified atom stereocenters. The van der Waals surface area contributed by atoms with Gasteiger partial charge in [-0.2, -0.15) is 0 Å². The maximum Gasteiger partial charge on any atom is 0.337 e. The summed E-state index contributed by atoms with van der Waals surface area (Å²) in [6.07, 6.45) is 1.76. The number of hydrogen-bond donors (Lipinski definition) is 1. The van der Waals surface area contributed by atoms with E-state index >= 15 is 0 Å². The van der Waals surface area contributed by atoms with Crippen molar-refractivity contribution in [3.05, 3.63) is 113 Å². The maximum atomic E-state index is 13.2. The molecule has 4 aromatic rings. The van der Waals surface area contributed by atoms with Crippen molar-refractivity contribution in [2.24, 2.45) is 0 Å². The molecule has 4 rings (SSSR count). The minimum absolute atomic E-state index is 0.0706. The minimum Gasteiger partial charge on any atom is -0.497 e. The van der Waals surface area contributed by atoms with Crippen LogP contribution < -0.4 is 14.8 Å². The number of nitrogens with one attached hydrogen (secondary N) is 1. The third-order valence-corrected chi connectivity index (χ3v) is 5.71. The Morgan fingerprint density at radius 1 is 0.833 bits per heavy atom. The van der Waals surface area contributed by atoms with Gasteiger partial charge in [0.1, 0.15) is 18.1 Å². The summed E-state index contributed by atoms with van der Waals surface area (Å²) in [4.78, 5) is 24.9. The average Bonchev–Trinajstić information content (AvgIpc) is 2.94. The van der Waals surface area contributed by atoms with Crippen molar-refractivity contribution in [2.45, 2.75) is 6.54 Å². The van der Waals surface area contributed by atoms with E-state index in [1.807, 2.05) is 66.7 Å². The van der Waals surface area contributed by atoms with Gasteiger partial charge < -0.3 is 19.5 Å². The lowest BCUT2D eigenvalue weighted by Gasteiger charge is -2.13. The third kappa shape index (κ3) is 6.10. The fourth-order valence-corrected chi connectivity index (χ4v) is 3.72. The zero-order valence-electron chi connectivity index (χ0n) is 20.2. The Kier molecular flexibility index (Phi) is 7.98. The minimum atomic E-state index is -0.415. The highest BCUT2D eigenvalue weighted by Gasteiger charge is 2.13. The topological polar surface area (TPSA) is 73.9 Å². The first-order chi connectivity index (χ1) is 17.6. The highest BCUT2D eigenvalue weighted by atomic mass is 16.5. The second kappa shape index (κ2) is 11.7. The highest BCUT2D eigenvalue weighted by Crippen LogP contribution is 2.26. The molecule has 0 saturated carbocycles. The standard InChI is InChI=1S/C30H27NO5/c1-34-26-16-12-22(13-17-26)19-31-29(32)25(18-21-10-14-24(15-11-21)30(33)35-2)20-36-28-9-5-7-23-6-3-4-8-27(23)28/h3-18H,19-20H2,1-2H3,(H,31,32). The van der Waals surface area contributed by atoms with Crippen LogP contribution in [0.3, 0.4) is 0 Å². The second-order valence-corrected chi connectivity index (χ2v) is 8.08. The lowest BCUT2D eigenvalue weighted by molar-refractivity contribution is -0.117. The molecule has 1 amide bonds. The summed E-state index contributed by atoms with van der Waals surface area (Å²) in [6, 6.07) is 28.1. The molecule has 0 aliphatic rings. The van der Waals surface area contributed by atoms with Gasteiger partial charge >= 0.3 is 5.97 Å². The van der Waals surface area contributed by atoms with E-state index < -0.39 is 5.97 Å². The Morgan fingerprint density at radius 3 is 2.28 bits per heavy atom. The Balaban J connectivity index is 1.55. The van der Waals surface area contributed by atoms with E-state index in [2.05, 4.69) is 5.32 Å². The normalized spacial score (nSPS) is 11.1. The van der Waals surface area contributed by atoms with Gasteiger partial charge in [-0.3, -0.25) is 4.79 Å². The molecule has 0 spiro atoms. The first-order valence-corrected chi connectivity index (χ1v) is 11.5. The molecule has 1 N–H and O–H groups in total. The number of carbonyl (C=O) groups excluding carboxylic acids is 2. The van der Waals surface area contributed by atoms with Crippen LogP contribution in [-0.4, -0.2) is 32.7 Å². The Morgan fingerprint density at radius 2 is 1.56 bits per heavy atom. The van der Waals surface area contributed by atoms with Crippen LogP contribution in [0.4, 0.5) is 0 Å². The van der Waals surface area contributed by atoms with Gasteiger partial charge in [-0.25, -0.2) is 4.79 Å². The fourth-order valence-electron chi connectivity index (χ4n) is 3.72. The Labute approximate surface area is 210 Å². The summed E-state index contributed by atoms with van der Waals surface area (Å²) >= 11 is 0. The van der Waals surface area contributed by atoms with Gasteiger partial charge in [-0.05, 0) is 52.9 Å². The Hall–Kier alpha value is -4.58. The van der Waals surface area contributed by atoms with Crippen LogP contribution in [0.5, 0.6) is 11.5 Å². The van der Waals surface area contributed by atoms with Crippen molar-refractivity contribution in [3.63, 3.8) is 0 Å². The van der Waals surface area contributed by atoms with E-state index in [1.54, 1.807) is 37.5 Å². The summed E-state index contributed by atoms with van der Waals surface area (Å²) in [5.41, 5.74) is 2.59. The predicted octanol–water partition coefficient (Wildman–Crippen LogP) is 5.41. The number of rotatable bonds is 9. The van der Waals surface area contributed by atoms with Gasteiger partial charge in [0, 0.05) is 11.9 Å². The lowest BCUT2D eigenvalue weighted by Crippen LogP contribution is -2.27. The first kappa shape index (κ1) is 24.5. The molecule has 0 bridgehead atoms. The van der Waals surface area contributed by atoms with Crippen molar-refractivity contribution >= 4 is 28.7 Å². The number of esters is 1. The fraction of sp³-hybridized carbons (Fsp3) is 0.133. The molecule has 4 aromatic carbocycles. The summed E-state index contributed by atoms with van der Waals surface area (Å²) in [7, 11) is 2.95. The third-order valence-electron chi connectivity index (χ3n) is 5.71. The Bertz CT molecular complexity index is 1370. The monoisotopic (exact) mass is 481 g/mol. The number of carbonyl (C=O) groups is 2. The van der Waals surface area contributed by atoms with E-state index in [1.165, 1.54) is 7.11 Å². The van der Waals surface area contributed by atoms with E-state index in [0.29, 0.717) is 23.4 Å². The molecule has 0 heterocycles. The van der Waals surface area contributed by atoms with E-state index in [9.17, 15) is 9.59 Å². The van der Waals surface area contributed by atoms with E-state index in [-0.39, 0.29) is 12.5 Å². The van der Waals surface area contributed by atoms with E-state index in [4.69, 9.17) is 14.2 Å². The van der Waals surface area contributed by atoms with Crippen molar-refractivity contribution in [1.82, 2.24) is 5.32 Å². The molecular formula is C30H27NO5. The molecule has 182 valence electrons. The molecule has 6 nitrogen and oxygen atoms in total. The quantitative estimate of drug-likeness (QED) is 0.255. The van der Waals surface area contributed by atoms with Crippen molar-refractivity contribution in [2.75, 3.05) is 20.8 Å². The van der Waals surface area contributed by atoms with Crippen LogP contribution >= 0.6 is 0 Å². The van der Waals surface area contributed by atoms with Crippen LogP contribution in [0.15, 0.2) is 96.6 Å². The molecule has 6 heteroatoms. The molecule has 0 aliphatic heterocycles. The van der Waals surface area contributed by atoms with Gasteiger partial charge in [0.15, 0.2) is 0 Å². The number of amides is 1. The highest BCUT2D eigenvalue weighted by molar-refractivity contribution is 5.98. The van der Waals surface area contributed by atoms with Crippen LogP contribution in [0.2, 0.25) is 0 Å². The average molecular weight is 482 g/mol. The number of benzene rings is 4. The summed E-state index contributed by atoms with van der Waals surface area (Å²) < 4.78 is 16.1. The van der Waals surface area contributed by atoms with Crippen LogP contribution in [-0.2, 0) is 16.1 Å². The molecule has 36 heavy (non-hydrogen) atoms. The smallest absolute Gasteiger partial charge is 0.337 e. The van der Waals surface area contributed by atoms with Crippen molar-refractivity contribution < 1.29 is 23.8 Å². The van der Waals surface area contributed by atoms with E-state index in [0.717, 1.165) is 27.6 Å². The van der Waals surface area contributed by atoms with Crippen LogP contribution in [0, 0.1) is 0 Å². The zero-order valence-corrected chi connectivity index (χ0v) is 20.2. The largest absolute Gasteiger partial charge is 0.497 e.